The second-order valence-electron chi connectivity index (χ2n) is 7.38. The zero-order chi connectivity index (χ0) is 21.9. The van der Waals surface area contributed by atoms with E-state index in [1.165, 1.54) is 30.3 Å². The molecule has 7 nitrogen and oxygen atoms in total. The molecule has 3 aromatic heterocycles. The lowest BCUT2D eigenvalue weighted by Gasteiger charge is -2.33. The summed E-state index contributed by atoms with van der Waals surface area (Å²) in [5.74, 6) is -3.33. The molecule has 31 heavy (non-hydrogen) atoms. The van der Waals surface area contributed by atoms with Crippen molar-refractivity contribution < 1.29 is 22.7 Å². The molecule has 0 bridgehead atoms. The van der Waals surface area contributed by atoms with Crippen molar-refractivity contribution in [3.05, 3.63) is 75.3 Å². The number of benzene rings is 1. The van der Waals surface area contributed by atoms with Crippen LogP contribution in [-0.4, -0.2) is 39.4 Å². The van der Waals surface area contributed by atoms with Crippen molar-refractivity contribution in [2.75, 3.05) is 13.7 Å². The Morgan fingerprint density at radius 2 is 1.87 bits per heavy atom. The zero-order valence-electron chi connectivity index (χ0n) is 16.1. The molecule has 4 heterocycles. The van der Waals surface area contributed by atoms with E-state index in [4.69, 9.17) is 4.74 Å². The van der Waals surface area contributed by atoms with Crippen LogP contribution in [0, 0.1) is 17.6 Å². The molecule has 0 spiro atoms. The maximum Gasteiger partial charge on any atom is 0.270 e. The summed E-state index contributed by atoms with van der Waals surface area (Å²) in [4.78, 5) is 36.0. The summed E-state index contributed by atoms with van der Waals surface area (Å²) in [5, 5.41) is 0.683. The van der Waals surface area contributed by atoms with Gasteiger partial charge in [-0.15, -0.1) is 0 Å². The van der Waals surface area contributed by atoms with Crippen molar-refractivity contribution in [3.8, 4) is 0 Å². The highest BCUT2D eigenvalue weighted by Crippen LogP contribution is 2.34. The van der Waals surface area contributed by atoms with E-state index >= 15 is 0 Å². The van der Waals surface area contributed by atoms with Gasteiger partial charge in [0.2, 0.25) is 5.95 Å². The number of halogens is 3. The van der Waals surface area contributed by atoms with Gasteiger partial charge < -0.3 is 19.6 Å². The fourth-order valence-electron chi connectivity index (χ4n) is 4.00. The maximum atomic E-state index is 14.0. The minimum Gasteiger partial charge on any atom is -0.373 e. The van der Waals surface area contributed by atoms with Crippen molar-refractivity contribution >= 4 is 27.6 Å². The number of likely N-dealkylation sites (N-methyl/N-ethyl adjacent to an activating group) is 1. The normalized spacial score (nSPS) is 15.9. The average molecular weight is 428 g/mol. The standard InChI is InChI=1S/C21H15F3N4O3/c1-28(21(30)14-2-9-3-18(24)25-6-15(9)26-14)17-8-31-7-16-19(17)10-4-12(22)13(23)5-11(10)20(29)27-16/h2-6,17,26H,7-8H2,1H3,(H,27,29)/t17-/m0/s1. The minimum atomic E-state index is -1.13. The van der Waals surface area contributed by atoms with Gasteiger partial charge in [-0.3, -0.25) is 9.59 Å². The van der Waals surface area contributed by atoms with Crippen LogP contribution in [0.4, 0.5) is 13.2 Å². The number of hydrogen-bond donors (Lipinski definition) is 2. The molecule has 0 saturated carbocycles. The summed E-state index contributed by atoms with van der Waals surface area (Å²) in [7, 11) is 1.53. The van der Waals surface area contributed by atoms with E-state index in [-0.39, 0.29) is 29.7 Å². The number of hydrogen-bond acceptors (Lipinski definition) is 4. The molecule has 0 radical (unpaired) electrons. The fraction of sp³-hybridized carbons (Fsp3) is 0.190. The van der Waals surface area contributed by atoms with Crippen molar-refractivity contribution in [2.24, 2.45) is 0 Å². The van der Waals surface area contributed by atoms with Crippen LogP contribution < -0.4 is 5.56 Å². The van der Waals surface area contributed by atoms with E-state index in [0.29, 0.717) is 22.2 Å². The molecule has 0 saturated heterocycles. The topological polar surface area (TPSA) is 91.1 Å². The molecule has 1 aromatic carbocycles. The van der Waals surface area contributed by atoms with Crippen LogP contribution in [0.15, 0.2) is 35.3 Å². The number of amides is 1. The molecule has 1 aliphatic heterocycles. The van der Waals surface area contributed by atoms with Crippen LogP contribution in [0.2, 0.25) is 0 Å². The lowest BCUT2D eigenvalue weighted by Crippen LogP contribution is -2.37. The smallest absolute Gasteiger partial charge is 0.270 e. The average Bonchev–Trinajstić information content (AvgIpc) is 3.17. The molecule has 1 aliphatic rings. The maximum absolute atomic E-state index is 14.0. The van der Waals surface area contributed by atoms with Gasteiger partial charge in [-0.2, -0.15) is 4.39 Å². The Hall–Kier alpha value is -3.66. The van der Waals surface area contributed by atoms with Gasteiger partial charge in [0.25, 0.3) is 11.5 Å². The predicted octanol–water partition coefficient (Wildman–Crippen LogP) is 3.17. The van der Waals surface area contributed by atoms with Crippen LogP contribution in [-0.2, 0) is 11.3 Å². The number of ether oxygens (including phenoxy) is 1. The summed E-state index contributed by atoms with van der Waals surface area (Å²) in [5.41, 5.74) is 0.992. The van der Waals surface area contributed by atoms with Crippen LogP contribution in [0.1, 0.15) is 27.8 Å². The Labute approximate surface area is 172 Å². The summed E-state index contributed by atoms with van der Waals surface area (Å²) in [6.45, 7) is 0.154. The lowest BCUT2D eigenvalue weighted by atomic mass is 9.95. The summed E-state index contributed by atoms with van der Waals surface area (Å²) in [6, 6.07) is 3.84. The van der Waals surface area contributed by atoms with E-state index in [0.717, 1.165) is 12.1 Å². The number of nitrogens with zero attached hydrogens (tertiary/aromatic N) is 2. The molecular weight excluding hydrogens is 413 g/mol. The SMILES string of the molecule is CN(C(=O)c1cc2cc(F)ncc2[nH]1)[C@H]1COCc2[nH]c(=O)c3cc(F)c(F)cc3c21. The van der Waals surface area contributed by atoms with Crippen molar-refractivity contribution in [1.82, 2.24) is 19.9 Å². The lowest BCUT2D eigenvalue weighted by molar-refractivity contribution is 0.0333. The Kier molecular flexibility index (Phi) is 4.33. The van der Waals surface area contributed by atoms with Gasteiger partial charge >= 0.3 is 0 Å². The van der Waals surface area contributed by atoms with Crippen LogP contribution in [0.5, 0.6) is 0 Å². The third-order valence-electron chi connectivity index (χ3n) is 5.53. The first kappa shape index (κ1) is 19.3. The number of aromatic amines is 2. The van der Waals surface area contributed by atoms with Gasteiger partial charge in [-0.05, 0) is 23.6 Å². The Bertz CT molecular complexity index is 1430. The largest absolute Gasteiger partial charge is 0.373 e. The first-order valence-electron chi connectivity index (χ1n) is 9.36. The van der Waals surface area contributed by atoms with Crippen LogP contribution in [0.25, 0.3) is 21.7 Å². The molecule has 0 aliphatic carbocycles. The number of carbonyl (C=O) groups excluding carboxylic acids is 1. The number of H-pyrrole nitrogens is 2. The third-order valence-corrected chi connectivity index (χ3v) is 5.53. The van der Waals surface area contributed by atoms with Gasteiger partial charge in [0, 0.05) is 29.8 Å². The first-order chi connectivity index (χ1) is 14.8. The monoisotopic (exact) mass is 428 g/mol. The van der Waals surface area contributed by atoms with E-state index in [9.17, 15) is 22.8 Å². The Morgan fingerprint density at radius 1 is 1.13 bits per heavy atom. The van der Waals surface area contributed by atoms with E-state index in [1.807, 2.05) is 0 Å². The first-order valence-corrected chi connectivity index (χ1v) is 9.36. The number of rotatable bonds is 2. The van der Waals surface area contributed by atoms with Crippen LogP contribution >= 0.6 is 0 Å². The second-order valence-corrected chi connectivity index (χ2v) is 7.38. The highest BCUT2D eigenvalue weighted by molar-refractivity contribution is 5.98. The Balaban J connectivity index is 1.61. The summed E-state index contributed by atoms with van der Waals surface area (Å²) < 4.78 is 46.7. The predicted molar refractivity (Wildman–Crippen MR) is 105 cm³/mol. The molecule has 1 atom stereocenters. The van der Waals surface area contributed by atoms with Gasteiger partial charge in [-0.25, -0.2) is 13.8 Å². The molecular formula is C21H15F3N4O3. The zero-order valence-corrected chi connectivity index (χ0v) is 16.1. The van der Waals surface area contributed by atoms with Crippen molar-refractivity contribution in [2.45, 2.75) is 12.6 Å². The molecule has 158 valence electrons. The number of pyridine rings is 2. The highest BCUT2D eigenvalue weighted by atomic mass is 19.2. The molecule has 0 unspecified atom stereocenters. The van der Waals surface area contributed by atoms with Crippen molar-refractivity contribution in [1.29, 1.82) is 0 Å². The quantitative estimate of drug-likeness (QED) is 0.480. The molecule has 4 aromatic rings. The number of carbonyl (C=O) groups is 1. The Morgan fingerprint density at radius 3 is 2.65 bits per heavy atom. The molecule has 0 fully saturated rings. The number of aromatic nitrogens is 3. The second kappa shape index (κ2) is 6.95. The van der Waals surface area contributed by atoms with Crippen molar-refractivity contribution in [3.63, 3.8) is 0 Å². The molecule has 5 rings (SSSR count). The molecule has 10 heteroatoms. The summed E-state index contributed by atoms with van der Waals surface area (Å²) in [6.07, 6.45) is 1.29. The van der Waals surface area contributed by atoms with Gasteiger partial charge in [0.15, 0.2) is 11.6 Å². The summed E-state index contributed by atoms with van der Waals surface area (Å²) >= 11 is 0. The van der Waals surface area contributed by atoms with E-state index < -0.39 is 35.1 Å². The third kappa shape index (κ3) is 3.07. The minimum absolute atomic E-state index is 0.0161. The highest BCUT2D eigenvalue weighted by Gasteiger charge is 2.32. The molecule has 1 amide bonds. The van der Waals surface area contributed by atoms with Gasteiger partial charge in [0.05, 0.1) is 36.4 Å². The van der Waals surface area contributed by atoms with Gasteiger partial charge in [-0.1, -0.05) is 0 Å². The van der Waals surface area contributed by atoms with Gasteiger partial charge in [0.1, 0.15) is 5.69 Å². The number of nitrogens with one attached hydrogen (secondary N) is 2. The number of fused-ring (bicyclic) bond motifs is 4. The fourth-order valence-corrected chi connectivity index (χ4v) is 4.00. The van der Waals surface area contributed by atoms with E-state index in [1.54, 1.807) is 0 Å². The van der Waals surface area contributed by atoms with E-state index in [2.05, 4.69) is 15.0 Å². The van der Waals surface area contributed by atoms with Crippen LogP contribution in [0.3, 0.4) is 0 Å². The molecule has 2 N–H and O–H groups in total.